The van der Waals surface area contributed by atoms with E-state index in [9.17, 15) is 4.79 Å². The Morgan fingerprint density at radius 3 is 2.88 bits per heavy atom. The van der Waals surface area contributed by atoms with Crippen LogP contribution in [0.3, 0.4) is 0 Å². The van der Waals surface area contributed by atoms with Gasteiger partial charge in [-0.1, -0.05) is 5.16 Å². The van der Waals surface area contributed by atoms with Crippen LogP contribution in [0.1, 0.15) is 44.3 Å². The van der Waals surface area contributed by atoms with Crippen molar-refractivity contribution in [1.82, 2.24) is 20.4 Å². The smallest absolute Gasteiger partial charge is 0.407 e. The third-order valence-corrected chi connectivity index (χ3v) is 6.83. The summed E-state index contributed by atoms with van der Waals surface area (Å²) in [6.07, 6.45) is 6.40. The van der Waals surface area contributed by atoms with Crippen LogP contribution in [-0.2, 0) is 4.74 Å². The average Bonchev–Trinajstić information content (AvgIpc) is 3.17. The molecule has 0 radical (unpaired) electrons. The Balaban J connectivity index is 1.26. The van der Waals surface area contributed by atoms with Crippen molar-refractivity contribution in [3.63, 3.8) is 0 Å². The number of nitrogens with one attached hydrogen (secondary N) is 1. The van der Waals surface area contributed by atoms with Crippen molar-refractivity contribution < 1.29 is 14.1 Å². The molecule has 5 heterocycles. The molecule has 2 bridgehead atoms. The van der Waals surface area contributed by atoms with E-state index in [4.69, 9.17) is 9.26 Å². The van der Waals surface area contributed by atoms with Crippen molar-refractivity contribution in [3.05, 3.63) is 5.82 Å². The zero-order chi connectivity index (χ0) is 17.7. The number of nitrogens with zero attached hydrogens (tertiary/aromatic N) is 4. The molecular weight excluding hydrogens is 334 g/mol. The third-order valence-electron chi connectivity index (χ3n) is 6.83. The molecule has 0 aromatic carbocycles. The van der Waals surface area contributed by atoms with E-state index in [0.29, 0.717) is 36.4 Å². The molecule has 5 fully saturated rings. The van der Waals surface area contributed by atoms with Crippen molar-refractivity contribution >= 4 is 12.1 Å². The number of likely N-dealkylation sites (tertiary alicyclic amines) is 1. The van der Waals surface area contributed by atoms with Gasteiger partial charge in [-0.05, 0) is 51.5 Å². The monoisotopic (exact) mass is 361 g/mol. The minimum atomic E-state index is -0.271. The van der Waals surface area contributed by atoms with Gasteiger partial charge >= 0.3 is 12.1 Å². The number of fused-ring (bicyclic) bond motifs is 3. The molecular formula is C18H27N5O3. The molecule has 142 valence electrons. The molecule has 8 heteroatoms. The number of alkyl carbamates (subject to hydrolysis) is 1. The number of hydrogen-bond acceptors (Lipinski definition) is 7. The van der Waals surface area contributed by atoms with Crippen LogP contribution in [0.15, 0.2) is 4.52 Å². The highest BCUT2D eigenvalue weighted by atomic mass is 16.6. The van der Waals surface area contributed by atoms with Gasteiger partial charge < -0.3 is 19.5 Å². The number of anilines is 1. The van der Waals surface area contributed by atoms with Crippen LogP contribution in [0.25, 0.3) is 0 Å². The predicted molar refractivity (Wildman–Crippen MR) is 93.9 cm³/mol. The molecule has 6 rings (SSSR count). The third kappa shape index (κ3) is 2.74. The number of amides is 1. The van der Waals surface area contributed by atoms with Crippen LogP contribution in [0.5, 0.6) is 0 Å². The van der Waals surface area contributed by atoms with Crippen LogP contribution in [0, 0.1) is 12.8 Å². The van der Waals surface area contributed by atoms with Crippen molar-refractivity contribution in [2.24, 2.45) is 5.92 Å². The summed E-state index contributed by atoms with van der Waals surface area (Å²) in [6, 6.07) is 1.80. The number of aryl methyl sites for hydroxylation is 1. The number of carbonyl (C=O) groups excluding carboxylic acids is 1. The molecule has 1 N–H and O–H groups in total. The van der Waals surface area contributed by atoms with Crippen LogP contribution in [0.4, 0.5) is 10.8 Å². The number of ether oxygens (including phenoxy) is 1. The summed E-state index contributed by atoms with van der Waals surface area (Å²) in [5.74, 6) is 1.35. The quantitative estimate of drug-likeness (QED) is 0.858. The van der Waals surface area contributed by atoms with E-state index in [1.54, 1.807) is 0 Å². The van der Waals surface area contributed by atoms with E-state index in [1.165, 1.54) is 12.8 Å². The second-order valence-electron chi connectivity index (χ2n) is 8.39. The summed E-state index contributed by atoms with van der Waals surface area (Å²) >= 11 is 0. The lowest BCUT2D eigenvalue weighted by Crippen LogP contribution is -2.59. The van der Waals surface area contributed by atoms with Gasteiger partial charge in [-0.15, -0.1) is 0 Å². The van der Waals surface area contributed by atoms with Crippen molar-refractivity contribution in [2.45, 2.75) is 63.1 Å². The normalized spacial score (nSPS) is 37.7. The summed E-state index contributed by atoms with van der Waals surface area (Å²) in [5, 5.41) is 6.80. The van der Waals surface area contributed by atoms with E-state index >= 15 is 0 Å². The largest absolute Gasteiger partial charge is 0.441 e. The Hall–Kier alpha value is -1.83. The lowest BCUT2D eigenvalue weighted by Gasteiger charge is -2.52. The summed E-state index contributed by atoms with van der Waals surface area (Å²) in [4.78, 5) is 20.9. The second kappa shape index (κ2) is 6.11. The molecule has 4 saturated heterocycles. The Morgan fingerprint density at radius 2 is 2.19 bits per heavy atom. The zero-order valence-electron chi connectivity index (χ0n) is 15.3. The van der Waals surface area contributed by atoms with Crippen LogP contribution < -0.4 is 10.2 Å². The first-order valence-corrected chi connectivity index (χ1v) is 9.90. The van der Waals surface area contributed by atoms with Crippen LogP contribution in [0.2, 0.25) is 0 Å². The van der Waals surface area contributed by atoms with Gasteiger partial charge in [-0.2, -0.15) is 4.98 Å². The molecule has 1 aromatic rings. The lowest BCUT2D eigenvalue weighted by atomic mass is 9.75. The van der Waals surface area contributed by atoms with E-state index < -0.39 is 0 Å². The molecule has 1 saturated carbocycles. The molecule has 26 heavy (non-hydrogen) atoms. The van der Waals surface area contributed by atoms with Crippen molar-refractivity contribution in [3.8, 4) is 0 Å². The van der Waals surface area contributed by atoms with Gasteiger partial charge in [-0.25, -0.2) is 4.79 Å². The summed E-state index contributed by atoms with van der Waals surface area (Å²) in [5.41, 5.74) is -0.271. The molecule has 1 aromatic heterocycles. The van der Waals surface area contributed by atoms with E-state index in [2.05, 4.69) is 25.3 Å². The van der Waals surface area contributed by atoms with Gasteiger partial charge in [-0.3, -0.25) is 4.90 Å². The van der Waals surface area contributed by atoms with Gasteiger partial charge in [0, 0.05) is 31.6 Å². The van der Waals surface area contributed by atoms with Gasteiger partial charge in [0.15, 0.2) is 5.82 Å². The fourth-order valence-electron chi connectivity index (χ4n) is 5.47. The molecule has 4 atom stereocenters. The first-order valence-electron chi connectivity index (χ1n) is 9.90. The minimum Gasteiger partial charge on any atom is -0.441 e. The molecule has 1 spiro atoms. The highest BCUT2D eigenvalue weighted by Crippen LogP contribution is 2.41. The molecule has 4 aliphatic heterocycles. The van der Waals surface area contributed by atoms with Crippen molar-refractivity contribution in [1.29, 1.82) is 0 Å². The maximum absolute atomic E-state index is 11.5. The van der Waals surface area contributed by atoms with Crippen molar-refractivity contribution in [2.75, 3.05) is 31.1 Å². The predicted octanol–water partition coefficient (Wildman–Crippen LogP) is 1.70. The Morgan fingerprint density at radius 1 is 1.27 bits per heavy atom. The summed E-state index contributed by atoms with van der Waals surface area (Å²) in [6.45, 7) is 5.67. The molecule has 1 amide bonds. The summed E-state index contributed by atoms with van der Waals surface area (Å²) < 4.78 is 11.1. The molecule has 1 aliphatic carbocycles. The number of piperidine rings is 2. The Kier molecular flexibility index (Phi) is 3.84. The number of rotatable bonds is 2. The minimum absolute atomic E-state index is 0.249. The summed E-state index contributed by atoms with van der Waals surface area (Å²) in [7, 11) is 0. The molecule has 8 nitrogen and oxygen atoms in total. The van der Waals surface area contributed by atoms with Gasteiger partial charge in [0.05, 0.1) is 6.54 Å². The Bertz CT molecular complexity index is 694. The fraction of sp³-hybridized carbons (Fsp3) is 0.833. The average molecular weight is 361 g/mol. The number of hydrogen-bond donors (Lipinski definition) is 1. The fourth-order valence-corrected chi connectivity index (χ4v) is 5.47. The Labute approximate surface area is 153 Å². The van der Waals surface area contributed by atoms with E-state index in [1.807, 2.05) is 6.92 Å². The standard InChI is InChI=1S/C18H27N5O3/c1-12-20-16(26-21-12)23-10-13-3-4-14(23)9-15(13)22-7-2-5-18(6-8-22)11-19-17(24)25-18/h13-15H,2-11H2,1H3,(H,19,24). The maximum Gasteiger partial charge on any atom is 0.407 e. The van der Waals surface area contributed by atoms with Gasteiger partial charge in [0.2, 0.25) is 0 Å². The van der Waals surface area contributed by atoms with Crippen LogP contribution in [-0.4, -0.2) is 65.0 Å². The van der Waals surface area contributed by atoms with Gasteiger partial charge in [0.1, 0.15) is 5.60 Å². The highest BCUT2D eigenvalue weighted by molar-refractivity contribution is 5.70. The first kappa shape index (κ1) is 16.4. The molecule has 5 aliphatic rings. The first-order chi connectivity index (χ1) is 12.6. The zero-order valence-corrected chi connectivity index (χ0v) is 15.3. The highest BCUT2D eigenvalue weighted by Gasteiger charge is 2.47. The van der Waals surface area contributed by atoms with E-state index in [-0.39, 0.29) is 11.7 Å². The van der Waals surface area contributed by atoms with Crippen LogP contribution >= 0.6 is 0 Å². The maximum atomic E-state index is 11.5. The molecule has 4 unspecified atom stereocenters. The van der Waals surface area contributed by atoms with Gasteiger partial charge in [0.25, 0.3) is 0 Å². The second-order valence-corrected chi connectivity index (χ2v) is 8.39. The number of aromatic nitrogens is 2. The van der Waals surface area contributed by atoms with E-state index in [0.717, 1.165) is 45.3 Å². The topological polar surface area (TPSA) is 83.7 Å². The lowest BCUT2D eigenvalue weighted by molar-refractivity contribution is 0.0350. The number of carbonyl (C=O) groups is 1. The SMILES string of the molecule is Cc1noc(N2CC3CCC2CC3N2CCCC3(CC2)CNC(=O)O3)n1.